The Morgan fingerprint density at radius 2 is 2.00 bits per heavy atom. The van der Waals surface area contributed by atoms with Gasteiger partial charge in [0.25, 0.3) is 0 Å². The molecule has 0 spiro atoms. The first-order chi connectivity index (χ1) is 8.61. The van der Waals surface area contributed by atoms with E-state index in [2.05, 4.69) is 30.7 Å². The Hall–Kier alpha value is -0.120. The third-order valence-corrected chi connectivity index (χ3v) is 5.07. The maximum atomic E-state index is 6.12. The number of rotatable bonds is 3. The van der Waals surface area contributed by atoms with Gasteiger partial charge < -0.3 is 10.6 Å². The van der Waals surface area contributed by atoms with Crippen LogP contribution in [0, 0.1) is 11.8 Å². The summed E-state index contributed by atoms with van der Waals surface area (Å²) in [6.45, 7) is 9.20. The highest BCUT2D eigenvalue weighted by Gasteiger charge is 2.34. The van der Waals surface area contributed by atoms with E-state index in [1.807, 2.05) is 0 Å². The summed E-state index contributed by atoms with van der Waals surface area (Å²) in [6, 6.07) is 1.28. The van der Waals surface area contributed by atoms with Crippen molar-refractivity contribution in [2.75, 3.05) is 33.2 Å². The number of likely N-dealkylation sites (N-methyl/N-ethyl adjacent to an activating group) is 1. The third-order valence-electron chi connectivity index (χ3n) is 5.07. The number of nitrogens with zero attached hydrogens (tertiary/aromatic N) is 2. The zero-order valence-corrected chi connectivity index (χ0v) is 12.4. The number of hydrogen-bond donors (Lipinski definition) is 1. The van der Waals surface area contributed by atoms with E-state index in [1.54, 1.807) is 0 Å². The Morgan fingerprint density at radius 1 is 1.22 bits per heavy atom. The molecule has 0 radical (unpaired) electrons. The van der Waals surface area contributed by atoms with E-state index >= 15 is 0 Å². The molecule has 18 heavy (non-hydrogen) atoms. The van der Waals surface area contributed by atoms with Gasteiger partial charge in [-0.2, -0.15) is 0 Å². The van der Waals surface area contributed by atoms with Crippen LogP contribution >= 0.6 is 0 Å². The predicted octanol–water partition coefficient (Wildman–Crippen LogP) is 1.78. The van der Waals surface area contributed by atoms with Gasteiger partial charge in [0.05, 0.1) is 0 Å². The molecule has 2 rings (SSSR count). The van der Waals surface area contributed by atoms with Crippen LogP contribution in [0.1, 0.15) is 39.5 Å². The van der Waals surface area contributed by atoms with Crippen molar-refractivity contribution in [3.05, 3.63) is 0 Å². The van der Waals surface area contributed by atoms with Gasteiger partial charge in [0.1, 0.15) is 0 Å². The molecule has 1 aliphatic carbocycles. The minimum Gasteiger partial charge on any atom is -0.329 e. The fourth-order valence-electron chi connectivity index (χ4n) is 4.08. The summed E-state index contributed by atoms with van der Waals surface area (Å²) in [4.78, 5) is 5.14. The summed E-state index contributed by atoms with van der Waals surface area (Å²) in [6.07, 6.45) is 5.61. The van der Waals surface area contributed by atoms with E-state index in [4.69, 9.17) is 5.73 Å². The molecule has 3 heteroatoms. The number of nitrogens with two attached hydrogens (primary N) is 1. The zero-order chi connectivity index (χ0) is 13.1. The van der Waals surface area contributed by atoms with E-state index < -0.39 is 0 Å². The Kier molecular flexibility index (Phi) is 5.05. The Balaban J connectivity index is 1.98. The Labute approximate surface area is 113 Å². The molecule has 2 fully saturated rings. The summed E-state index contributed by atoms with van der Waals surface area (Å²) in [5.74, 6) is 1.74. The molecule has 3 nitrogen and oxygen atoms in total. The lowest BCUT2D eigenvalue weighted by Gasteiger charge is -2.46. The van der Waals surface area contributed by atoms with Crippen LogP contribution < -0.4 is 5.73 Å². The van der Waals surface area contributed by atoms with Crippen molar-refractivity contribution in [2.24, 2.45) is 17.6 Å². The third kappa shape index (κ3) is 3.25. The van der Waals surface area contributed by atoms with Crippen molar-refractivity contribution in [3.8, 4) is 0 Å². The van der Waals surface area contributed by atoms with Crippen LogP contribution in [0.15, 0.2) is 0 Å². The number of hydrogen-bond acceptors (Lipinski definition) is 3. The predicted molar refractivity (Wildman–Crippen MR) is 77.6 cm³/mol. The van der Waals surface area contributed by atoms with Crippen LogP contribution in [0.4, 0.5) is 0 Å². The normalized spacial score (nSPS) is 37.7. The van der Waals surface area contributed by atoms with Gasteiger partial charge in [0.15, 0.2) is 0 Å². The van der Waals surface area contributed by atoms with Crippen LogP contribution in [-0.2, 0) is 0 Å². The maximum Gasteiger partial charge on any atom is 0.0250 e. The summed E-state index contributed by atoms with van der Waals surface area (Å²) >= 11 is 0. The van der Waals surface area contributed by atoms with E-state index in [-0.39, 0.29) is 0 Å². The van der Waals surface area contributed by atoms with Gasteiger partial charge in [-0.15, -0.1) is 0 Å². The highest BCUT2D eigenvalue weighted by Crippen LogP contribution is 2.33. The second-order valence-electron chi connectivity index (χ2n) is 6.68. The van der Waals surface area contributed by atoms with Crippen LogP contribution in [0.2, 0.25) is 0 Å². The molecule has 0 amide bonds. The lowest BCUT2D eigenvalue weighted by Crippen LogP contribution is -2.58. The van der Waals surface area contributed by atoms with E-state index in [0.29, 0.717) is 12.1 Å². The molecule has 4 atom stereocenters. The molecule has 2 aliphatic rings. The Bertz CT molecular complexity index is 256. The molecule has 0 bridgehead atoms. The van der Waals surface area contributed by atoms with Gasteiger partial charge in [-0.25, -0.2) is 0 Å². The van der Waals surface area contributed by atoms with Gasteiger partial charge in [-0.3, -0.25) is 4.90 Å². The molecule has 0 aromatic heterocycles. The first-order valence-corrected chi connectivity index (χ1v) is 7.76. The smallest absolute Gasteiger partial charge is 0.0250 e. The molecule has 1 saturated heterocycles. The average Bonchev–Trinajstić information content (AvgIpc) is 2.33. The van der Waals surface area contributed by atoms with Crippen LogP contribution in [-0.4, -0.2) is 55.1 Å². The van der Waals surface area contributed by atoms with Gasteiger partial charge in [-0.1, -0.05) is 19.8 Å². The second-order valence-corrected chi connectivity index (χ2v) is 6.68. The van der Waals surface area contributed by atoms with Crippen LogP contribution in [0.5, 0.6) is 0 Å². The topological polar surface area (TPSA) is 32.5 Å². The second kappa shape index (κ2) is 6.36. The quantitative estimate of drug-likeness (QED) is 0.832. The van der Waals surface area contributed by atoms with Crippen molar-refractivity contribution >= 4 is 0 Å². The monoisotopic (exact) mass is 253 g/mol. The van der Waals surface area contributed by atoms with Gasteiger partial charge in [0.2, 0.25) is 0 Å². The molecule has 106 valence electrons. The van der Waals surface area contributed by atoms with E-state index in [0.717, 1.165) is 18.4 Å². The lowest BCUT2D eigenvalue weighted by atomic mass is 9.77. The fourth-order valence-corrected chi connectivity index (χ4v) is 4.08. The number of piperazine rings is 1. The summed E-state index contributed by atoms with van der Waals surface area (Å²) < 4.78 is 0. The van der Waals surface area contributed by atoms with Crippen molar-refractivity contribution in [1.29, 1.82) is 0 Å². The molecular formula is C15H31N3. The molecule has 1 heterocycles. The van der Waals surface area contributed by atoms with Crippen molar-refractivity contribution in [2.45, 2.75) is 51.6 Å². The van der Waals surface area contributed by atoms with Crippen molar-refractivity contribution in [3.63, 3.8) is 0 Å². The molecule has 1 saturated carbocycles. The molecule has 4 unspecified atom stereocenters. The summed E-state index contributed by atoms with van der Waals surface area (Å²) in [5, 5.41) is 0. The molecular weight excluding hydrogens is 222 g/mol. The van der Waals surface area contributed by atoms with E-state index in [9.17, 15) is 0 Å². The summed E-state index contributed by atoms with van der Waals surface area (Å²) in [5.41, 5.74) is 6.12. The molecule has 0 aromatic rings. The standard InChI is InChI=1S/C15H31N3/c1-12-5-4-6-14(9-12)15(10-16)18-8-7-17(3)11-13(18)2/h12-15H,4-11,16H2,1-3H3. The highest BCUT2D eigenvalue weighted by atomic mass is 15.3. The molecule has 2 N–H and O–H groups in total. The molecule has 0 aromatic carbocycles. The van der Waals surface area contributed by atoms with Gasteiger partial charge >= 0.3 is 0 Å². The SMILES string of the molecule is CC1CCCC(C(CN)N2CCN(C)CC2C)C1. The van der Waals surface area contributed by atoms with E-state index in [1.165, 1.54) is 45.3 Å². The minimum atomic E-state index is 0.622. The van der Waals surface area contributed by atoms with Gasteiger partial charge in [0, 0.05) is 38.3 Å². The summed E-state index contributed by atoms with van der Waals surface area (Å²) in [7, 11) is 2.23. The highest BCUT2D eigenvalue weighted by molar-refractivity contribution is 4.89. The lowest BCUT2D eigenvalue weighted by molar-refractivity contribution is 0.0258. The first-order valence-electron chi connectivity index (χ1n) is 7.76. The fraction of sp³-hybridized carbons (Fsp3) is 1.00. The van der Waals surface area contributed by atoms with Crippen LogP contribution in [0.3, 0.4) is 0 Å². The Morgan fingerprint density at radius 3 is 2.61 bits per heavy atom. The van der Waals surface area contributed by atoms with Crippen molar-refractivity contribution < 1.29 is 0 Å². The largest absolute Gasteiger partial charge is 0.329 e. The maximum absolute atomic E-state index is 6.12. The van der Waals surface area contributed by atoms with Crippen LogP contribution in [0.25, 0.3) is 0 Å². The first kappa shape index (κ1) is 14.3. The molecule has 1 aliphatic heterocycles. The minimum absolute atomic E-state index is 0.622. The van der Waals surface area contributed by atoms with Gasteiger partial charge in [-0.05, 0) is 38.6 Å². The zero-order valence-electron chi connectivity index (χ0n) is 12.4. The van der Waals surface area contributed by atoms with Crippen molar-refractivity contribution in [1.82, 2.24) is 9.80 Å². The average molecular weight is 253 g/mol.